The van der Waals surface area contributed by atoms with Gasteiger partial charge in [-0.25, -0.2) is 0 Å². The topological polar surface area (TPSA) is 12.5 Å². The van der Waals surface area contributed by atoms with E-state index in [1.807, 2.05) is 0 Å². The van der Waals surface area contributed by atoms with Crippen molar-refractivity contribution in [3.8, 4) is 0 Å². The molecule has 1 saturated heterocycles. The summed E-state index contributed by atoms with van der Waals surface area (Å²) >= 11 is 0. The van der Waals surface area contributed by atoms with Gasteiger partial charge >= 0.3 is 0 Å². The fourth-order valence-electron chi connectivity index (χ4n) is 2.26. The molecule has 0 amide bonds. The van der Waals surface area contributed by atoms with Crippen LogP contribution in [0.25, 0.3) is 0 Å². The Morgan fingerprint density at radius 1 is 1.38 bits per heavy atom. The molecule has 4 unspecified atom stereocenters. The number of ether oxygens (including phenoxy) is 1. The van der Waals surface area contributed by atoms with Crippen LogP contribution in [0, 0.1) is 5.92 Å². The van der Waals surface area contributed by atoms with Gasteiger partial charge in [0, 0.05) is 12.0 Å². The molecule has 1 heterocycles. The van der Waals surface area contributed by atoms with E-state index in [2.05, 4.69) is 32.7 Å². The first kappa shape index (κ1) is 11.1. The number of likely N-dealkylation sites (N-methyl/N-ethyl adjacent to an activating group) is 1. The quantitative estimate of drug-likeness (QED) is 0.607. The summed E-state index contributed by atoms with van der Waals surface area (Å²) in [7, 11) is 8.06. The lowest BCUT2D eigenvalue weighted by Crippen LogP contribution is -2.42. The molecule has 1 fully saturated rings. The molecular formula is C10H20BNO. The highest BCUT2D eigenvalue weighted by Gasteiger charge is 2.39. The minimum Gasteiger partial charge on any atom is -0.383 e. The Morgan fingerprint density at radius 2 is 2.00 bits per heavy atom. The first-order valence-corrected chi connectivity index (χ1v) is 5.23. The van der Waals surface area contributed by atoms with E-state index in [4.69, 9.17) is 12.6 Å². The van der Waals surface area contributed by atoms with Gasteiger partial charge in [0.25, 0.3) is 0 Å². The second kappa shape index (κ2) is 4.47. The maximum absolute atomic E-state index is 5.95. The smallest absolute Gasteiger partial charge is 0.111 e. The largest absolute Gasteiger partial charge is 0.383 e. The predicted octanol–water partition coefficient (Wildman–Crippen LogP) is 1.25. The molecule has 0 aromatic carbocycles. The zero-order valence-electron chi connectivity index (χ0n) is 9.16. The highest BCUT2D eigenvalue weighted by molar-refractivity contribution is 6.11. The van der Waals surface area contributed by atoms with Crippen molar-refractivity contribution < 1.29 is 4.74 Å². The van der Waals surface area contributed by atoms with E-state index in [0.717, 1.165) is 13.0 Å². The van der Waals surface area contributed by atoms with Crippen molar-refractivity contribution in [2.24, 2.45) is 5.92 Å². The molecule has 0 saturated carbocycles. The highest BCUT2D eigenvalue weighted by atomic mass is 16.5. The summed E-state index contributed by atoms with van der Waals surface area (Å²) in [6.07, 6.45) is 1.40. The fraction of sp³-hybridized carbons (Fsp3) is 1.00. The molecule has 1 rings (SSSR count). The molecule has 0 N–H and O–H groups in total. The number of rotatable bonds is 3. The summed E-state index contributed by atoms with van der Waals surface area (Å²) < 4.78 is 5.69. The number of nitrogens with zero attached hydrogens (tertiary/aromatic N) is 1. The fourth-order valence-corrected chi connectivity index (χ4v) is 2.26. The van der Waals surface area contributed by atoms with Crippen molar-refractivity contribution in [2.45, 2.75) is 45.3 Å². The van der Waals surface area contributed by atoms with Crippen molar-refractivity contribution in [2.75, 3.05) is 13.6 Å². The van der Waals surface area contributed by atoms with Gasteiger partial charge < -0.3 is 9.64 Å². The number of hydrogen-bond donors (Lipinski definition) is 0. The maximum atomic E-state index is 5.95. The first-order valence-electron chi connectivity index (χ1n) is 5.23. The van der Waals surface area contributed by atoms with E-state index in [-0.39, 0.29) is 6.00 Å². The van der Waals surface area contributed by atoms with Gasteiger partial charge in [0.1, 0.15) is 7.85 Å². The van der Waals surface area contributed by atoms with Gasteiger partial charge in [0.05, 0.1) is 6.10 Å². The van der Waals surface area contributed by atoms with E-state index in [0.29, 0.717) is 18.1 Å². The molecular weight excluding hydrogens is 161 g/mol. The molecule has 1 aliphatic rings. The standard InChI is InChI=1S/C10H20BNO/c1-5-8-7(3)9(10(11)13-8)12(4)6-2/h7-10H,5-6H2,1-4H3. The van der Waals surface area contributed by atoms with Crippen molar-refractivity contribution in [3.63, 3.8) is 0 Å². The minimum atomic E-state index is -0.107. The molecule has 2 radical (unpaired) electrons. The van der Waals surface area contributed by atoms with Crippen molar-refractivity contribution >= 4 is 7.85 Å². The van der Waals surface area contributed by atoms with E-state index in [9.17, 15) is 0 Å². The third kappa shape index (κ3) is 2.08. The second-order valence-electron chi connectivity index (χ2n) is 3.97. The Hall–Kier alpha value is -0.0151. The molecule has 0 bridgehead atoms. The van der Waals surface area contributed by atoms with Gasteiger partial charge in [-0.3, -0.25) is 0 Å². The van der Waals surface area contributed by atoms with Crippen molar-refractivity contribution in [1.29, 1.82) is 0 Å². The van der Waals surface area contributed by atoms with E-state index in [1.54, 1.807) is 0 Å². The second-order valence-corrected chi connectivity index (χ2v) is 3.97. The lowest BCUT2D eigenvalue weighted by atomic mass is 9.85. The van der Waals surface area contributed by atoms with Crippen LogP contribution < -0.4 is 0 Å². The zero-order valence-corrected chi connectivity index (χ0v) is 9.16. The molecule has 3 heteroatoms. The summed E-state index contributed by atoms with van der Waals surface area (Å²) in [5.74, 6) is 0.546. The Morgan fingerprint density at radius 3 is 2.38 bits per heavy atom. The van der Waals surface area contributed by atoms with Crippen LogP contribution in [0.5, 0.6) is 0 Å². The maximum Gasteiger partial charge on any atom is 0.111 e. The van der Waals surface area contributed by atoms with Crippen LogP contribution in [0.4, 0.5) is 0 Å². The average Bonchev–Trinajstić information content (AvgIpc) is 2.40. The molecule has 13 heavy (non-hydrogen) atoms. The van der Waals surface area contributed by atoms with E-state index in [1.165, 1.54) is 0 Å². The van der Waals surface area contributed by atoms with Crippen LogP contribution >= 0.6 is 0 Å². The summed E-state index contributed by atoms with van der Waals surface area (Å²) in [5.41, 5.74) is 0. The molecule has 74 valence electrons. The zero-order chi connectivity index (χ0) is 10.0. The van der Waals surface area contributed by atoms with Crippen molar-refractivity contribution in [1.82, 2.24) is 4.90 Å². The molecule has 0 aliphatic carbocycles. The summed E-state index contributed by atoms with van der Waals surface area (Å²) in [6.45, 7) is 7.57. The predicted molar refractivity (Wildman–Crippen MR) is 56.0 cm³/mol. The Labute approximate surface area is 83.0 Å². The summed E-state index contributed by atoms with van der Waals surface area (Å²) in [4.78, 5) is 2.28. The van der Waals surface area contributed by atoms with E-state index >= 15 is 0 Å². The van der Waals surface area contributed by atoms with Crippen LogP contribution in [-0.2, 0) is 4.74 Å². The van der Waals surface area contributed by atoms with Gasteiger partial charge in [-0.15, -0.1) is 0 Å². The van der Waals surface area contributed by atoms with Gasteiger partial charge in [-0.05, 0) is 25.9 Å². The van der Waals surface area contributed by atoms with Crippen LogP contribution in [-0.4, -0.2) is 44.5 Å². The van der Waals surface area contributed by atoms with Crippen molar-refractivity contribution in [3.05, 3.63) is 0 Å². The minimum absolute atomic E-state index is 0.107. The van der Waals surface area contributed by atoms with Crippen LogP contribution in [0.2, 0.25) is 0 Å². The van der Waals surface area contributed by atoms with Gasteiger partial charge in [-0.1, -0.05) is 20.8 Å². The van der Waals surface area contributed by atoms with Gasteiger partial charge in [0.2, 0.25) is 0 Å². The molecule has 0 aromatic heterocycles. The third-order valence-corrected chi connectivity index (χ3v) is 3.20. The van der Waals surface area contributed by atoms with Crippen LogP contribution in [0.15, 0.2) is 0 Å². The lowest BCUT2D eigenvalue weighted by molar-refractivity contribution is 0.0663. The molecule has 1 aliphatic heterocycles. The van der Waals surface area contributed by atoms with Gasteiger partial charge in [-0.2, -0.15) is 0 Å². The first-order chi connectivity index (χ1) is 6.11. The highest BCUT2D eigenvalue weighted by Crippen LogP contribution is 2.30. The summed E-state index contributed by atoms with van der Waals surface area (Å²) in [6, 6.07) is 0.278. The molecule has 4 atom stereocenters. The molecule has 2 nitrogen and oxygen atoms in total. The van der Waals surface area contributed by atoms with Crippen LogP contribution in [0.3, 0.4) is 0 Å². The Bertz CT molecular complexity index is 165. The SMILES string of the molecule is [B]C1OC(CC)C(C)C1N(C)CC. The third-order valence-electron chi connectivity index (χ3n) is 3.20. The average molecular weight is 181 g/mol. The normalized spacial score (nSPS) is 40.1. The molecule has 0 aromatic rings. The summed E-state index contributed by atoms with van der Waals surface area (Å²) in [5, 5.41) is 0. The Balaban J connectivity index is 2.63. The number of hydrogen-bond acceptors (Lipinski definition) is 2. The molecule has 0 spiro atoms. The van der Waals surface area contributed by atoms with E-state index < -0.39 is 0 Å². The van der Waals surface area contributed by atoms with Gasteiger partial charge in [0.15, 0.2) is 0 Å². The lowest BCUT2D eigenvalue weighted by Gasteiger charge is -2.29. The monoisotopic (exact) mass is 181 g/mol. The Kier molecular flexibility index (Phi) is 3.80. The van der Waals surface area contributed by atoms with Crippen LogP contribution in [0.1, 0.15) is 27.2 Å².